The van der Waals surface area contributed by atoms with Crippen LogP contribution in [0, 0.1) is 0 Å². The maximum Gasteiger partial charge on any atom is 0.112 e. The molecule has 0 radical (unpaired) electrons. The zero-order chi connectivity index (χ0) is 10.8. The molecule has 6 heteroatoms. The van der Waals surface area contributed by atoms with Gasteiger partial charge >= 0.3 is 0 Å². The first-order valence-corrected chi connectivity index (χ1v) is 5.62. The fourth-order valence-electron chi connectivity index (χ4n) is 0. The van der Waals surface area contributed by atoms with Crippen molar-refractivity contribution in [3.05, 3.63) is 0 Å². The Balaban J connectivity index is -0.000000105. The molecule has 0 amide bonds. The summed E-state index contributed by atoms with van der Waals surface area (Å²) in [4.78, 5) is -0.222. The summed E-state index contributed by atoms with van der Waals surface area (Å²) in [5.41, 5.74) is 0. The van der Waals surface area contributed by atoms with Crippen LogP contribution in [-0.4, -0.2) is 14.5 Å². The van der Waals surface area contributed by atoms with Gasteiger partial charge in [0.2, 0.25) is 0 Å². The minimum absolute atomic E-state index is 0.194. The topological polar surface area (TPSA) is 0 Å². The van der Waals surface area contributed by atoms with Crippen LogP contribution >= 0.6 is 69.6 Å². The van der Waals surface area contributed by atoms with Gasteiger partial charge in [0.25, 0.3) is 0 Å². The average Bonchev–Trinajstić information content (AvgIpc) is 1.56. The first-order valence-electron chi connectivity index (χ1n) is 2.93. The van der Waals surface area contributed by atoms with Gasteiger partial charge in [0.15, 0.2) is 0 Å². The van der Waals surface area contributed by atoms with Crippen molar-refractivity contribution in [1.82, 2.24) is 0 Å². The SMILES string of the molecule is CC(C)(Cl)Cl.CC(Cl)Cl.ClCCl. The Morgan fingerprint density at radius 2 is 1.08 bits per heavy atom. The van der Waals surface area contributed by atoms with Gasteiger partial charge in [-0.1, -0.05) is 0 Å². The quantitative estimate of drug-likeness (QED) is 0.523. The third-order valence-corrected chi connectivity index (χ3v) is 0. The van der Waals surface area contributed by atoms with Crippen LogP contribution in [0.2, 0.25) is 0 Å². The molecule has 0 aliphatic carbocycles. The summed E-state index contributed by atoms with van der Waals surface area (Å²) in [5.74, 6) is 0. The van der Waals surface area contributed by atoms with Crippen LogP contribution < -0.4 is 0 Å². The number of rotatable bonds is 0. The molecule has 0 bridgehead atoms. The van der Waals surface area contributed by atoms with Crippen LogP contribution in [0.1, 0.15) is 20.8 Å². The first-order chi connectivity index (χ1) is 5.15. The third-order valence-electron chi connectivity index (χ3n) is 0. The van der Waals surface area contributed by atoms with E-state index in [-0.39, 0.29) is 10.2 Å². The van der Waals surface area contributed by atoms with Gasteiger partial charge in [-0.15, -0.1) is 69.6 Å². The molecule has 0 N–H and O–H groups in total. The Morgan fingerprint density at radius 3 is 1.08 bits per heavy atom. The fourth-order valence-corrected chi connectivity index (χ4v) is 0. The third kappa shape index (κ3) is 447. The molecule has 0 aliphatic heterocycles. The van der Waals surface area contributed by atoms with Crippen molar-refractivity contribution in [2.24, 2.45) is 0 Å². The van der Waals surface area contributed by atoms with E-state index in [0.29, 0.717) is 0 Å². The minimum atomic E-state index is -0.556. The van der Waals surface area contributed by atoms with Crippen LogP contribution in [0.25, 0.3) is 0 Å². The molecular weight excluding hydrogens is 285 g/mol. The van der Waals surface area contributed by atoms with Crippen LogP contribution in [0.15, 0.2) is 0 Å². The van der Waals surface area contributed by atoms with Gasteiger partial charge < -0.3 is 0 Å². The lowest BCUT2D eigenvalue weighted by molar-refractivity contribution is 0.995. The van der Waals surface area contributed by atoms with E-state index in [0.717, 1.165) is 0 Å². The number of hydrogen-bond donors (Lipinski definition) is 0. The predicted molar refractivity (Wildman–Crippen MR) is 63.5 cm³/mol. The Morgan fingerprint density at radius 1 is 1.08 bits per heavy atom. The molecule has 12 heavy (non-hydrogen) atoms. The Labute approximate surface area is 104 Å². The van der Waals surface area contributed by atoms with E-state index in [4.69, 9.17) is 69.6 Å². The Kier molecular flexibility index (Phi) is 20.5. The molecule has 0 nitrogen and oxygen atoms in total. The second-order valence-electron chi connectivity index (χ2n) is 1.95. The predicted octanol–water partition coefficient (Wildman–Crippen LogP) is 5.43. The minimum Gasteiger partial charge on any atom is -0.109 e. The van der Waals surface area contributed by atoms with Gasteiger partial charge in [0.1, 0.15) is 9.17 Å². The van der Waals surface area contributed by atoms with E-state index in [2.05, 4.69) is 0 Å². The van der Waals surface area contributed by atoms with Crippen molar-refractivity contribution >= 4 is 69.6 Å². The number of hydrogen-bond acceptors (Lipinski definition) is 0. The highest BCUT2D eigenvalue weighted by molar-refractivity contribution is 6.47. The van der Waals surface area contributed by atoms with Crippen molar-refractivity contribution in [3.63, 3.8) is 0 Å². The standard InChI is InChI=1S/C3H6Cl2.C2H4Cl2.CH2Cl2/c1-3(2,4)5;1-2(3)4;2-1-3/h1-2H3;2H,1H3;1H2. The molecule has 0 aromatic carbocycles. The fraction of sp³-hybridized carbons (Fsp3) is 1.00. The van der Waals surface area contributed by atoms with Gasteiger partial charge in [-0.05, 0) is 20.8 Å². The molecule has 0 aromatic rings. The molecule has 0 fully saturated rings. The summed E-state index contributed by atoms with van der Waals surface area (Å²) >= 11 is 30.2. The summed E-state index contributed by atoms with van der Waals surface area (Å²) in [6, 6.07) is 0. The van der Waals surface area contributed by atoms with Gasteiger partial charge in [-0.2, -0.15) is 0 Å². The number of halogens is 6. The number of alkyl halides is 6. The molecule has 0 saturated carbocycles. The van der Waals surface area contributed by atoms with Crippen LogP contribution in [0.5, 0.6) is 0 Å². The zero-order valence-corrected chi connectivity index (χ0v) is 11.6. The van der Waals surface area contributed by atoms with Crippen LogP contribution in [-0.2, 0) is 0 Å². The van der Waals surface area contributed by atoms with Gasteiger partial charge in [0, 0.05) is 0 Å². The second kappa shape index (κ2) is 12.7. The largest absolute Gasteiger partial charge is 0.112 e. The van der Waals surface area contributed by atoms with E-state index in [1.54, 1.807) is 20.8 Å². The highest BCUT2D eigenvalue weighted by atomic mass is 35.5. The van der Waals surface area contributed by atoms with Crippen molar-refractivity contribution in [2.45, 2.75) is 29.9 Å². The van der Waals surface area contributed by atoms with E-state index < -0.39 is 4.33 Å². The maximum absolute atomic E-state index is 5.30. The van der Waals surface area contributed by atoms with Gasteiger partial charge in [-0.25, -0.2) is 0 Å². The van der Waals surface area contributed by atoms with Crippen molar-refractivity contribution < 1.29 is 0 Å². The average molecular weight is 297 g/mol. The normalized spacial score (nSPS) is 9.50. The second-order valence-corrected chi connectivity index (χ2v) is 6.37. The van der Waals surface area contributed by atoms with E-state index >= 15 is 0 Å². The van der Waals surface area contributed by atoms with Crippen LogP contribution in [0.4, 0.5) is 0 Å². The van der Waals surface area contributed by atoms with Crippen molar-refractivity contribution in [3.8, 4) is 0 Å². The highest BCUT2D eigenvalue weighted by Gasteiger charge is 2.03. The van der Waals surface area contributed by atoms with E-state index in [1.165, 1.54) is 0 Å². The lowest BCUT2D eigenvalue weighted by Crippen LogP contribution is -1.93. The molecule has 0 heterocycles. The molecule has 0 spiro atoms. The molecule has 0 aromatic heterocycles. The van der Waals surface area contributed by atoms with Crippen LogP contribution in [0.3, 0.4) is 0 Å². The molecular formula is C6H12Cl6. The lowest BCUT2D eigenvalue weighted by atomic mass is 10.6. The Hall–Kier alpha value is 1.74. The van der Waals surface area contributed by atoms with Crippen molar-refractivity contribution in [1.29, 1.82) is 0 Å². The zero-order valence-electron chi connectivity index (χ0n) is 7.05. The molecule has 78 valence electrons. The smallest absolute Gasteiger partial charge is 0.109 e. The van der Waals surface area contributed by atoms with E-state index in [9.17, 15) is 0 Å². The van der Waals surface area contributed by atoms with Gasteiger partial charge in [0.05, 0.1) is 5.34 Å². The molecule has 0 aliphatic rings. The summed E-state index contributed by atoms with van der Waals surface area (Å²) in [6.07, 6.45) is 0. The van der Waals surface area contributed by atoms with Gasteiger partial charge in [-0.3, -0.25) is 0 Å². The molecule has 0 atom stereocenters. The summed E-state index contributed by atoms with van der Waals surface area (Å²) in [5, 5.41) is 0.194. The lowest BCUT2D eigenvalue weighted by Gasteiger charge is -1.98. The monoisotopic (exact) mass is 294 g/mol. The van der Waals surface area contributed by atoms with E-state index in [1.807, 2.05) is 0 Å². The first kappa shape index (κ1) is 19.3. The highest BCUT2D eigenvalue weighted by Crippen LogP contribution is 2.16. The summed E-state index contributed by atoms with van der Waals surface area (Å²) in [6.45, 7) is 5.13. The Bertz CT molecular complexity index is 58.2. The molecule has 0 rings (SSSR count). The molecule has 0 saturated heterocycles. The molecule has 0 unspecified atom stereocenters. The summed E-state index contributed by atoms with van der Waals surface area (Å²) < 4.78 is -0.556. The van der Waals surface area contributed by atoms with Crippen molar-refractivity contribution in [2.75, 3.05) is 5.34 Å². The summed E-state index contributed by atoms with van der Waals surface area (Å²) in [7, 11) is 0. The maximum atomic E-state index is 5.30.